The summed E-state index contributed by atoms with van der Waals surface area (Å²) in [6, 6.07) is 6.68. The molecule has 0 amide bonds. The molecular weight excluding hydrogens is 238 g/mol. The maximum absolute atomic E-state index is 4.15. The molecule has 18 heavy (non-hydrogen) atoms. The highest BCUT2D eigenvalue weighted by Crippen LogP contribution is 2.09. The van der Waals surface area contributed by atoms with E-state index in [1.807, 2.05) is 4.68 Å². The number of hydrogen-bond acceptors (Lipinski definition) is 2. The molecule has 0 atom stereocenters. The normalized spacial score (nSPS) is 10.8. The highest BCUT2D eigenvalue weighted by atomic mass is 28.2. The van der Waals surface area contributed by atoms with Crippen LogP contribution in [0, 0.1) is 6.92 Å². The number of unbranched alkanes of at least 4 members (excludes halogenated alkanes) is 1. The van der Waals surface area contributed by atoms with Crippen molar-refractivity contribution in [1.82, 2.24) is 14.8 Å². The fraction of sp³-hybridized carbons (Fsp3) is 0.429. The van der Waals surface area contributed by atoms with Gasteiger partial charge < -0.3 is 0 Å². The molecule has 0 aliphatic carbocycles. The van der Waals surface area contributed by atoms with Crippen molar-refractivity contribution in [2.45, 2.75) is 39.3 Å². The van der Waals surface area contributed by atoms with Crippen LogP contribution in [0.3, 0.4) is 0 Å². The lowest BCUT2D eigenvalue weighted by molar-refractivity contribution is 0.738. The van der Waals surface area contributed by atoms with Gasteiger partial charge >= 0.3 is 0 Å². The van der Waals surface area contributed by atoms with Crippen LogP contribution in [0.2, 0.25) is 0 Å². The van der Waals surface area contributed by atoms with Gasteiger partial charge in [-0.15, -0.1) is 0 Å². The Kier molecular flexibility index (Phi) is 4.70. The molecule has 0 saturated carbocycles. The zero-order valence-electron chi connectivity index (χ0n) is 11.1. The predicted octanol–water partition coefficient (Wildman–Crippen LogP) is 1.92. The lowest BCUT2D eigenvalue weighted by Crippen LogP contribution is -2.24. The van der Waals surface area contributed by atoms with Gasteiger partial charge in [-0.25, -0.2) is 4.98 Å². The first-order valence-corrected chi connectivity index (χ1v) is 7.66. The summed E-state index contributed by atoms with van der Waals surface area (Å²) in [5, 5.41) is 5.60. The number of rotatable bonds is 6. The van der Waals surface area contributed by atoms with E-state index < -0.39 is 0 Å². The highest BCUT2D eigenvalue weighted by molar-refractivity contribution is 6.52. The van der Waals surface area contributed by atoms with Crippen molar-refractivity contribution in [2.24, 2.45) is 0 Å². The molecule has 0 unspecified atom stereocenters. The van der Waals surface area contributed by atoms with E-state index in [1.165, 1.54) is 35.6 Å². The molecule has 2 radical (unpaired) electrons. The first-order valence-electron chi connectivity index (χ1n) is 6.46. The van der Waals surface area contributed by atoms with Gasteiger partial charge in [0.05, 0.1) is 0 Å². The molecule has 4 heteroatoms. The second kappa shape index (κ2) is 6.49. The molecule has 3 nitrogen and oxygen atoms in total. The van der Waals surface area contributed by atoms with Crippen molar-refractivity contribution in [3.05, 3.63) is 42.0 Å². The fourth-order valence-electron chi connectivity index (χ4n) is 1.99. The fourth-order valence-corrected chi connectivity index (χ4v) is 3.13. The third-order valence-electron chi connectivity index (χ3n) is 3.14. The van der Waals surface area contributed by atoms with Crippen molar-refractivity contribution in [1.29, 1.82) is 0 Å². The second-order valence-electron chi connectivity index (χ2n) is 4.46. The first-order chi connectivity index (χ1) is 8.81. The molecule has 1 aromatic heterocycles. The molecule has 0 aliphatic rings. The molecule has 2 aromatic rings. The van der Waals surface area contributed by atoms with E-state index >= 15 is 0 Å². The first kappa shape index (κ1) is 13.0. The molecule has 94 valence electrons. The highest BCUT2D eigenvalue weighted by Gasteiger charge is 2.05. The summed E-state index contributed by atoms with van der Waals surface area (Å²) < 4.78 is 1.90. The Morgan fingerprint density at radius 2 is 2.22 bits per heavy atom. The molecule has 0 aliphatic heterocycles. The predicted molar refractivity (Wildman–Crippen MR) is 75.2 cm³/mol. The molecule has 0 saturated heterocycles. The quantitative estimate of drug-likeness (QED) is 0.740. The smallest absolute Gasteiger partial charge is 0.137 e. The number of aromatic nitrogens is 3. The summed E-state index contributed by atoms with van der Waals surface area (Å²) in [6.07, 6.45) is 8.03. The van der Waals surface area contributed by atoms with Crippen LogP contribution in [-0.4, -0.2) is 24.3 Å². The van der Waals surface area contributed by atoms with Gasteiger partial charge in [0.1, 0.15) is 22.2 Å². The lowest BCUT2D eigenvalue weighted by Gasteiger charge is -2.10. The summed E-state index contributed by atoms with van der Waals surface area (Å²) in [4.78, 5) is 3.97. The van der Waals surface area contributed by atoms with Crippen LogP contribution in [0.25, 0.3) is 0 Å². The van der Waals surface area contributed by atoms with Crippen molar-refractivity contribution >= 4 is 14.7 Å². The number of benzene rings is 1. The van der Waals surface area contributed by atoms with E-state index in [0.717, 1.165) is 15.7 Å². The summed E-state index contributed by atoms with van der Waals surface area (Å²) in [6.45, 7) is 4.49. The van der Waals surface area contributed by atoms with Crippen molar-refractivity contribution in [3.63, 3.8) is 0 Å². The van der Waals surface area contributed by atoms with Gasteiger partial charge in [-0.05, 0) is 30.9 Å². The van der Waals surface area contributed by atoms with E-state index in [1.54, 1.807) is 12.7 Å². The van der Waals surface area contributed by atoms with Crippen molar-refractivity contribution in [3.8, 4) is 0 Å². The largest absolute Gasteiger partial charge is 0.256 e. The van der Waals surface area contributed by atoms with Gasteiger partial charge in [0.2, 0.25) is 0 Å². The Morgan fingerprint density at radius 3 is 2.94 bits per heavy atom. The Bertz CT molecular complexity index is 480. The molecule has 0 spiro atoms. The number of hydrogen-bond donors (Lipinski definition) is 0. The second-order valence-corrected chi connectivity index (χ2v) is 5.67. The minimum atomic E-state index is 0.760. The van der Waals surface area contributed by atoms with Crippen LogP contribution in [0.1, 0.15) is 30.9 Å². The van der Waals surface area contributed by atoms with Gasteiger partial charge in [-0.2, -0.15) is 5.10 Å². The van der Waals surface area contributed by atoms with Crippen LogP contribution in [-0.2, 0) is 12.6 Å². The minimum absolute atomic E-state index is 0.760. The van der Waals surface area contributed by atoms with E-state index in [0.29, 0.717) is 0 Å². The zero-order valence-corrected chi connectivity index (χ0v) is 12.1. The molecule has 2 rings (SSSR count). The van der Waals surface area contributed by atoms with Gasteiger partial charge in [0, 0.05) is 6.17 Å². The standard InChI is InChI=1S/C14H19N3Si/c1-3-4-6-13-7-5-8-14(12(13)2)18-11-17-10-15-9-16-17/h5,7-10H,3-4,6,11H2,1-2H3. The SMILES string of the molecule is CCCCc1cccc([Si]Cn2cncn2)c1C. The Balaban J connectivity index is 2.03. The molecule has 1 aromatic carbocycles. The molecular formula is C14H19N3Si. The molecule has 0 N–H and O–H groups in total. The van der Waals surface area contributed by atoms with E-state index in [2.05, 4.69) is 42.1 Å². The number of aryl methyl sites for hydroxylation is 1. The topological polar surface area (TPSA) is 30.7 Å². The Morgan fingerprint density at radius 1 is 1.33 bits per heavy atom. The Labute approximate surface area is 111 Å². The van der Waals surface area contributed by atoms with Gasteiger partial charge in [0.15, 0.2) is 0 Å². The third-order valence-corrected chi connectivity index (χ3v) is 4.55. The van der Waals surface area contributed by atoms with Gasteiger partial charge in [0.25, 0.3) is 0 Å². The zero-order chi connectivity index (χ0) is 12.8. The van der Waals surface area contributed by atoms with Crippen LogP contribution >= 0.6 is 0 Å². The maximum atomic E-state index is 4.15. The Hall–Kier alpha value is -1.42. The summed E-state index contributed by atoms with van der Waals surface area (Å²) in [7, 11) is 0.760. The van der Waals surface area contributed by atoms with Gasteiger partial charge in [-0.1, -0.05) is 36.7 Å². The molecule has 0 fully saturated rings. The summed E-state index contributed by atoms with van der Waals surface area (Å²) in [5.74, 6) is 0. The van der Waals surface area contributed by atoms with Crippen LogP contribution in [0.15, 0.2) is 30.9 Å². The van der Waals surface area contributed by atoms with E-state index in [9.17, 15) is 0 Å². The maximum Gasteiger partial charge on any atom is 0.137 e. The third kappa shape index (κ3) is 3.29. The lowest BCUT2D eigenvalue weighted by atomic mass is 10.0. The van der Waals surface area contributed by atoms with Crippen LogP contribution < -0.4 is 5.19 Å². The van der Waals surface area contributed by atoms with E-state index in [-0.39, 0.29) is 0 Å². The van der Waals surface area contributed by atoms with Gasteiger partial charge in [-0.3, -0.25) is 4.68 Å². The van der Waals surface area contributed by atoms with Crippen molar-refractivity contribution < 1.29 is 0 Å². The summed E-state index contributed by atoms with van der Waals surface area (Å²) in [5.41, 5.74) is 2.96. The van der Waals surface area contributed by atoms with Crippen LogP contribution in [0.5, 0.6) is 0 Å². The molecule has 0 bridgehead atoms. The minimum Gasteiger partial charge on any atom is -0.256 e. The van der Waals surface area contributed by atoms with Crippen molar-refractivity contribution in [2.75, 3.05) is 0 Å². The monoisotopic (exact) mass is 257 g/mol. The average Bonchev–Trinajstić information content (AvgIpc) is 2.89. The summed E-state index contributed by atoms with van der Waals surface area (Å²) >= 11 is 0. The average molecular weight is 257 g/mol. The van der Waals surface area contributed by atoms with E-state index in [4.69, 9.17) is 0 Å². The number of nitrogens with zero attached hydrogens (tertiary/aromatic N) is 3. The van der Waals surface area contributed by atoms with Crippen LogP contribution in [0.4, 0.5) is 0 Å². The molecule has 1 heterocycles.